The van der Waals surface area contributed by atoms with Crippen LogP contribution in [0.25, 0.3) is 0 Å². The van der Waals surface area contributed by atoms with E-state index in [1.807, 2.05) is 23.1 Å². The number of anilines is 1. The zero-order valence-electron chi connectivity index (χ0n) is 14.7. The Kier molecular flexibility index (Phi) is 6.13. The second kappa shape index (κ2) is 8.09. The zero-order chi connectivity index (χ0) is 16.8. The summed E-state index contributed by atoms with van der Waals surface area (Å²) in [6, 6.07) is 5.82. The molecule has 0 bridgehead atoms. The van der Waals surface area contributed by atoms with Crippen molar-refractivity contribution in [3.8, 4) is 11.5 Å². The van der Waals surface area contributed by atoms with Crippen LogP contribution in [0.4, 0.5) is 5.69 Å². The van der Waals surface area contributed by atoms with Gasteiger partial charge in [-0.2, -0.15) is 0 Å². The lowest BCUT2D eigenvalue weighted by Gasteiger charge is -2.38. The lowest BCUT2D eigenvalue weighted by molar-refractivity contribution is -0.136. The third kappa shape index (κ3) is 3.89. The standard InChI is InChI=1S/C18H28N2O3/c1-5-14(6-2)18(21)20-11-9-19(10-12-20)16-13-15(22-3)7-8-17(16)23-4/h7-8,13-14H,5-6,9-12H2,1-4H3. The molecule has 23 heavy (non-hydrogen) atoms. The quantitative estimate of drug-likeness (QED) is 0.808. The molecule has 128 valence electrons. The maximum atomic E-state index is 12.5. The van der Waals surface area contributed by atoms with E-state index in [0.717, 1.165) is 56.2 Å². The van der Waals surface area contributed by atoms with Crippen LogP contribution in [0.1, 0.15) is 26.7 Å². The molecule has 1 amide bonds. The van der Waals surface area contributed by atoms with Crippen molar-refractivity contribution in [2.24, 2.45) is 5.92 Å². The van der Waals surface area contributed by atoms with Crippen LogP contribution in [-0.2, 0) is 4.79 Å². The van der Waals surface area contributed by atoms with Crippen molar-refractivity contribution in [2.75, 3.05) is 45.3 Å². The molecule has 0 saturated carbocycles. The number of rotatable bonds is 6. The number of ether oxygens (including phenoxy) is 2. The van der Waals surface area contributed by atoms with Crippen molar-refractivity contribution >= 4 is 11.6 Å². The first-order valence-electron chi connectivity index (χ1n) is 8.40. The van der Waals surface area contributed by atoms with Gasteiger partial charge in [0.15, 0.2) is 0 Å². The molecule has 1 saturated heterocycles. The first-order valence-corrected chi connectivity index (χ1v) is 8.40. The SMILES string of the molecule is CCC(CC)C(=O)N1CCN(c2cc(OC)ccc2OC)CC1. The van der Waals surface area contributed by atoms with Crippen LogP contribution in [0.2, 0.25) is 0 Å². The van der Waals surface area contributed by atoms with Crippen LogP contribution in [0.3, 0.4) is 0 Å². The van der Waals surface area contributed by atoms with Gasteiger partial charge in [-0.25, -0.2) is 0 Å². The molecule has 0 atom stereocenters. The summed E-state index contributed by atoms with van der Waals surface area (Å²) in [6.07, 6.45) is 1.83. The Labute approximate surface area is 139 Å². The molecule has 0 radical (unpaired) electrons. The molecule has 1 aliphatic heterocycles. The third-order valence-corrected chi connectivity index (χ3v) is 4.65. The van der Waals surface area contributed by atoms with Crippen molar-refractivity contribution in [3.05, 3.63) is 18.2 Å². The molecule has 0 N–H and O–H groups in total. The minimum atomic E-state index is 0.160. The average molecular weight is 320 g/mol. The largest absolute Gasteiger partial charge is 0.497 e. The summed E-state index contributed by atoms with van der Waals surface area (Å²) in [5, 5.41) is 0. The number of hydrogen-bond acceptors (Lipinski definition) is 4. The van der Waals surface area contributed by atoms with Crippen LogP contribution in [0.15, 0.2) is 18.2 Å². The van der Waals surface area contributed by atoms with Gasteiger partial charge in [-0.1, -0.05) is 13.8 Å². The Balaban J connectivity index is 2.06. The topological polar surface area (TPSA) is 42.0 Å². The number of piperazine rings is 1. The van der Waals surface area contributed by atoms with E-state index in [-0.39, 0.29) is 5.92 Å². The van der Waals surface area contributed by atoms with E-state index in [0.29, 0.717) is 5.91 Å². The maximum absolute atomic E-state index is 12.5. The first-order chi connectivity index (χ1) is 11.1. The van der Waals surface area contributed by atoms with Gasteiger partial charge in [0.2, 0.25) is 5.91 Å². The molecule has 1 aromatic carbocycles. The van der Waals surface area contributed by atoms with Gasteiger partial charge in [0.25, 0.3) is 0 Å². The number of nitrogens with zero attached hydrogens (tertiary/aromatic N) is 2. The Morgan fingerprint density at radius 1 is 1.09 bits per heavy atom. The predicted octanol–water partition coefficient (Wildman–Crippen LogP) is 2.79. The van der Waals surface area contributed by atoms with E-state index in [4.69, 9.17) is 9.47 Å². The van der Waals surface area contributed by atoms with Gasteiger partial charge in [-0.3, -0.25) is 4.79 Å². The molecule has 1 aromatic rings. The Morgan fingerprint density at radius 2 is 1.74 bits per heavy atom. The average Bonchev–Trinajstić information content (AvgIpc) is 2.62. The molecule has 1 heterocycles. The Bertz CT molecular complexity index is 521. The summed E-state index contributed by atoms with van der Waals surface area (Å²) in [5.74, 6) is 2.11. The van der Waals surface area contributed by atoms with E-state index < -0.39 is 0 Å². The highest BCUT2D eigenvalue weighted by atomic mass is 16.5. The van der Waals surface area contributed by atoms with Gasteiger partial charge in [-0.15, -0.1) is 0 Å². The molecule has 5 nitrogen and oxygen atoms in total. The minimum Gasteiger partial charge on any atom is -0.497 e. The Morgan fingerprint density at radius 3 is 2.26 bits per heavy atom. The fraction of sp³-hybridized carbons (Fsp3) is 0.611. The molecular weight excluding hydrogens is 292 g/mol. The molecule has 0 aliphatic carbocycles. The highest BCUT2D eigenvalue weighted by Crippen LogP contribution is 2.33. The highest BCUT2D eigenvalue weighted by molar-refractivity contribution is 5.79. The molecule has 0 aromatic heterocycles. The monoisotopic (exact) mass is 320 g/mol. The van der Waals surface area contributed by atoms with Crippen LogP contribution >= 0.6 is 0 Å². The Hall–Kier alpha value is -1.91. The maximum Gasteiger partial charge on any atom is 0.225 e. The summed E-state index contributed by atoms with van der Waals surface area (Å²) in [4.78, 5) is 16.8. The van der Waals surface area contributed by atoms with Crippen molar-refractivity contribution in [1.29, 1.82) is 0 Å². The molecule has 5 heteroatoms. The van der Waals surface area contributed by atoms with E-state index in [2.05, 4.69) is 18.7 Å². The fourth-order valence-corrected chi connectivity index (χ4v) is 3.11. The van der Waals surface area contributed by atoms with Gasteiger partial charge in [0.1, 0.15) is 11.5 Å². The first kappa shape index (κ1) is 17.4. The molecule has 1 fully saturated rings. The zero-order valence-corrected chi connectivity index (χ0v) is 14.7. The lowest BCUT2D eigenvalue weighted by atomic mass is 10.0. The molecular formula is C18H28N2O3. The van der Waals surface area contributed by atoms with Crippen molar-refractivity contribution in [2.45, 2.75) is 26.7 Å². The predicted molar refractivity (Wildman–Crippen MR) is 92.4 cm³/mol. The summed E-state index contributed by atoms with van der Waals surface area (Å²) >= 11 is 0. The number of methoxy groups -OCH3 is 2. The number of carbonyl (C=O) groups is 1. The minimum absolute atomic E-state index is 0.160. The van der Waals surface area contributed by atoms with Gasteiger partial charge < -0.3 is 19.3 Å². The lowest BCUT2D eigenvalue weighted by Crippen LogP contribution is -2.50. The van der Waals surface area contributed by atoms with Crippen molar-refractivity contribution < 1.29 is 14.3 Å². The summed E-state index contributed by atoms with van der Waals surface area (Å²) in [6.45, 7) is 7.32. The number of hydrogen-bond donors (Lipinski definition) is 0. The number of benzene rings is 1. The molecule has 2 rings (SSSR count). The number of amides is 1. The number of carbonyl (C=O) groups excluding carboxylic acids is 1. The fourth-order valence-electron chi connectivity index (χ4n) is 3.11. The van der Waals surface area contributed by atoms with Crippen molar-refractivity contribution in [1.82, 2.24) is 4.90 Å². The van der Waals surface area contributed by atoms with Crippen molar-refractivity contribution in [3.63, 3.8) is 0 Å². The normalized spacial score (nSPS) is 15.0. The second-order valence-electron chi connectivity index (χ2n) is 5.86. The van der Waals surface area contributed by atoms with Crippen LogP contribution in [0, 0.1) is 5.92 Å². The van der Waals surface area contributed by atoms with Gasteiger partial charge in [-0.05, 0) is 25.0 Å². The van der Waals surface area contributed by atoms with E-state index in [1.165, 1.54) is 0 Å². The smallest absolute Gasteiger partial charge is 0.225 e. The van der Waals surface area contributed by atoms with E-state index >= 15 is 0 Å². The second-order valence-corrected chi connectivity index (χ2v) is 5.86. The highest BCUT2D eigenvalue weighted by Gasteiger charge is 2.26. The van der Waals surface area contributed by atoms with Gasteiger partial charge >= 0.3 is 0 Å². The molecule has 0 spiro atoms. The van der Waals surface area contributed by atoms with Crippen LogP contribution in [-0.4, -0.2) is 51.2 Å². The van der Waals surface area contributed by atoms with Crippen LogP contribution in [0.5, 0.6) is 11.5 Å². The summed E-state index contributed by atoms with van der Waals surface area (Å²) in [7, 11) is 3.34. The summed E-state index contributed by atoms with van der Waals surface area (Å²) in [5.41, 5.74) is 1.03. The molecule has 1 aliphatic rings. The third-order valence-electron chi connectivity index (χ3n) is 4.65. The van der Waals surface area contributed by atoms with Gasteiger partial charge in [0, 0.05) is 38.2 Å². The summed E-state index contributed by atoms with van der Waals surface area (Å²) < 4.78 is 10.8. The van der Waals surface area contributed by atoms with E-state index in [9.17, 15) is 4.79 Å². The van der Waals surface area contributed by atoms with Gasteiger partial charge in [0.05, 0.1) is 19.9 Å². The van der Waals surface area contributed by atoms with E-state index in [1.54, 1.807) is 14.2 Å². The van der Waals surface area contributed by atoms with Crippen LogP contribution < -0.4 is 14.4 Å². The molecule has 0 unspecified atom stereocenters.